The Kier molecular flexibility index (Phi) is 6.57. The van der Waals surface area contributed by atoms with Gasteiger partial charge < -0.3 is 10.4 Å². The second kappa shape index (κ2) is 6.83. The Morgan fingerprint density at radius 3 is 2.47 bits per heavy atom. The molecule has 3 heteroatoms. The van der Waals surface area contributed by atoms with Crippen LogP contribution in [0.4, 0.5) is 0 Å². The van der Waals surface area contributed by atoms with Crippen LogP contribution in [0.1, 0.15) is 53.4 Å². The number of rotatable bonds is 7. The highest BCUT2D eigenvalue weighted by Gasteiger charge is 2.26. The van der Waals surface area contributed by atoms with Crippen LogP contribution in [-0.2, 0) is 4.79 Å². The van der Waals surface area contributed by atoms with Crippen LogP contribution in [0.15, 0.2) is 0 Å². The Bertz CT molecular complexity index is 188. The molecule has 0 saturated carbocycles. The molecule has 0 aliphatic carbocycles. The van der Waals surface area contributed by atoms with Gasteiger partial charge >= 0.3 is 0 Å². The molecule has 1 amide bonds. The zero-order valence-electron chi connectivity index (χ0n) is 10.5. The Hall–Kier alpha value is -0.570. The molecule has 0 bridgehead atoms. The molecule has 1 unspecified atom stereocenters. The van der Waals surface area contributed by atoms with Crippen LogP contribution in [0.3, 0.4) is 0 Å². The minimum atomic E-state index is -0.472. The average Bonchev–Trinajstić information content (AvgIpc) is 2.14. The van der Waals surface area contributed by atoms with Crippen LogP contribution in [0.5, 0.6) is 0 Å². The zero-order chi connectivity index (χ0) is 11.9. The maximum Gasteiger partial charge on any atom is 0.225 e. The maximum atomic E-state index is 11.7. The summed E-state index contributed by atoms with van der Waals surface area (Å²) < 4.78 is 0. The SMILES string of the molecule is CCCCCC(C)(C)C(=O)NCC(C)O. The van der Waals surface area contributed by atoms with E-state index >= 15 is 0 Å². The fourth-order valence-electron chi connectivity index (χ4n) is 1.41. The Morgan fingerprint density at radius 2 is 2.00 bits per heavy atom. The minimum absolute atomic E-state index is 0.0412. The first-order chi connectivity index (χ1) is 6.90. The molecular weight excluding hydrogens is 190 g/mol. The van der Waals surface area contributed by atoms with E-state index in [4.69, 9.17) is 5.11 Å². The number of aliphatic hydroxyl groups excluding tert-OH is 1. The van der Waals surface area contributed by atoms with Gasteiger partial charge in [-0.1, -0.05) is 40.0 Å². The van der Waals surface area contributed by atoms with Crippen LogP contribution >= 0.6 is 0 Å². The summed E-state index contributed by atoms with van der Waals surface area (Å²) in [5.41, 5.74) is -0.315. The van der Waals surface area contributed by atoms with Crippen LogP contribution < -0.4 is 5.32 Å². The first-order valence-electron chi connectivity index (χ1n) is 5.86. The molecule has 0 aliphatic rings. The van der Waals surface area contributed by atoms with Gasteiger partial charge in [0, 0.05) is 12.0 Å². The van der Waals surface area contributed by atoms with Gasteiger partial charge in [-0.2, -0.15) is 0 Å². The van der Waals surface area contributed by atoms with E-state index in [1.54, 1.807) is 6.92 Å². The average molecular weight is 215 g/mol. The maximum absolute atomic E-state index is 11.7. The Labute approximate surface area is 93.3 Å². The van der Waals surface area contributed by atoms with E-state index in [0.717, 1.165) is 12.8 Å². The number of hydrogen-bond acceptors (Lipinski definition) is 2. The summed E-state index contributed by atoms with van der Waals surface area (Å²) in [5, 5.41) is 11.8. The molecule has 2 N–H and O–H groups in total. The van der Waals surface area contributed by atoms with Crippen molar-refractivity contribution >= 4 is 5.91 Å². The van der Waals surface area contributed by atoms with Crippen LogP contribution in [-0.4, -0.2) is 23.7 Å². The standard InChI is InChI=1S/C12H25NO2/c1-5-6-7-8-12(3,4)11(15)13-9-10(2)14/h10,14H,5-9H2,1-4H3,(H,13,15). The number of carbonyl (C=O) groups is 1. The Balaban J connectivity index is 3.91. The summed E-state index contributed by atoms with van der Waals surface area (Å²) in [6.07, 6.45) is 3.87. The van der Waals surface area contributed by atoms with Gasteiger partial charge in [0.25, 0.3) is 0 Å². The molecule has 0 spiro atoms. The van der Waals surface area contributed by atoms with Gasteiger partial charge in [0.15, 0.2) is 0 Å². The van der Waals surface area contributed by atoms with E-state index in [1.165, 1.54) is 12.8 Å². The van der Waals surface area contributed by atoms with Crippen molar-refractivity contribution in [2.75, 3.05) is 6.54 Å². The summed E-state index contributed by atoms with van der Waals surface area (Å²) >= 11 is 0. The number of unbranched alkanes of at least 4 members (excludes halogenated alkanes) is 2. The van der Waals surface area contributed by atoms with Crippen LogP contribution in [0.25, 0.3) is 0 Å². The number of nitrogens with one attached hydrogen (secondary N) is 1. The van der Waals surface area contributed by atoms with Gasteiger partial charge in [-0.15, -0.1) is 0 Å². The number of hydrogen-bond donors (Lipinski definition) is 2. The lowest BCUT2D eigenvalue weighted by molar-refractivity contribution is -0.130. The summed E-state index contributed by atoms with van der Waals surface area (Å²) in [6.45, 7) is 8.08. The first-order valence-corrected chi connectivity index (χ1v) is 5.86. The second-order valence-corrected chi connectivity index (χ2v) is 4.90. The normalized spacial score (nSPS) is 13.7. The molecule has 0 radical (unpaired) electrons. The topological polar surface area (TPSA) is 49.3 Å². The third-order valence-electron chi connectivity index (χ3n) is 2.58. The van der Waals surface area contributed by atoms with Crippen molar-refractivity contribution in [1.29, 1.82) is 0 Å². The Morgan fingerprint density at radius 1 is 1.40 bits per heavy atom. The van der Waals surface area contributed by atoms with Crippen molar-refractivity contribution in [1.82, 2.24) is 5.32 Å². The molecule has 0 saturated heterocycles. The number of aliphatic hydroxyl groups is 1. The highest BCUT2D eigenvalue weighted by Crippen LogP contribution is 2.23. The second-order valence-electron chi connectivity index (χ2n) is 4.90. The van der Waals surface area contributed by atoms with Crippen molar-refractivity contribution in [3.05, 3.63) is 0 Å². The first kappa shape index (κ1) is 14.4. The van der Waals surface area contributed by atoms with Crippen molar-refractivity contribution in [3.8, 4) is 0 Å². The summed E-state index contributed by atoms with van der Waals surface area (Å²) in [4.78, 5) is 11.7. The molecule has 0 aromatic rings. The lowest BCUT2D eigenvalue weighted by atomic mass is 9.86. The van der Waals surface area contributed by atoms with E-state index in [2.05, 4.69) is 12.2 Å². The molecule has 15 heavy (non-hydrogen) atoms. The molecule has 1 atom stereocenters. The van der Waals surface area contributed by atoms with Crippen LogP contribution in [0, 0.1) is 5.41 Å². The van der Waals surface area contributed by atoms with Crippen molar-refractivity contribution in [2.24, 2.45) is 5.41 Å². The van der Waals surface area contributed by atoms with Gasteiger partial charge in [-0.25, -0.2) is 0 Å². The van der Waals surface area contributed by atoms with E-state index < -0.39 is 6.10 Å². The molecule has 0 aliphatic heterocycles. The molecule has 3 nitrogen and oxygen atoms in total. The lowest BCUT2D eigenvalue weighted by Crippen LogP contribution is -2.40. The smallest absolute Gasteiger partial charge is 0.225 e. The molecule has 0 heterocycles. The van der Waals surface area contributed by atoms with E-state index in [1.807, 2.05) is 13.8 Å². The minimum Gasteiger partial charge on any atom is -0.392 e. The molecule has 0 aromatic carbocycles. The van der Waals surface area contributed by atoms with Crippen molar-refractivity contribution < 1.29 is 9.90 Å². The van der Waals surface area contributed by atoms with Crippen molar-refractivity contribution in [3.63, 3.8) is 0 Å². The highest BCUT2D eigenvalue weighted by molar-refractivity contribution is 5.81. The molecule has 0 aromatic heterocycles. The van der Waals surface area contributed by atoms with Gasteiger partial charge in [-0.05, 0) is 13.3 Å². The predicted octanol–water partition coefficient (Wildman–Crippen LogP) is 2.09. The predicted molar refractivity (Wildman–Crippen MR) is 62.6 cm³/mol. The van der Waals surface area contributed by atoms with Gasteiger partial charge in [0.2, 0.25) is 5.91 Å². The van der Waals surface area contributed by atoms with E-state index in [-0.39, 0.29) is 11.3 Å². The largest absolute Gasteiger partial charge is 0.392 e. The molecular formula is C12H25NO2. The summed E-state index contributed by atoms with van der Waals surface area (Å²) in [5.74, 6) is 0.0412. The fraction of sp³-hybridized carbons (Fsp3) is 0.917. The quantitative estimate of drug-likeness (QED) is 0.639. The van der Waals surface area contributed by atoms with E-state index in [0.29, 0.717) is 6.54 Å². The van der Waals surface area contributed by atoms with Crippen LogP contribution in [0.2, 0.25) is 0 Å². The van der Waals surface area contributed by atoms with E-state index in [9.17, 15) is 4.79 Å². The monoisotopic (exact) mass is 215 g/mol. The lowest BCUT2D eigenvalue weighted by Gasteiger charge is -2.23. The summed E-state index contributed by atoms with van der Waals surface area (Å²) in [7, 11) is 0. The molecule has 0 rings (SSSR count). The third kappa shape index (κ3) is 6.50. The zero-order valence-corrected chi connectivity index (χ0v) is 10.5. The van der Waals surface area contributed by atoms with Gasteiger partial charge in [0.05, 0.1) is 6.10 Å². The van der Waals surface area contributed by atoms with Gasteiger partial charge in [-0.3, -0.25) is 4.79 Å². The highest BCUT2D eigenvalue weighted by atomic mass is 16.3. The number of carbonyl (C=O) groups excluding carboxylic acids is 1. The van der Waals surface area contributed by atoms with Crippen molar-refractivity contribution in [2.45, 2.75) is 59.5 Å². The molecule has 0 fully saturated rings. The third-order valence-corrected chi connectivity index (χ3v) is 2.58. The van der Waals surface area contributed by atoms with Gasteiger partial charge in [0.1, 0.15) is 0 Å². The summed E-state index contributed by atoms with van der Waals surface area (Å²) in [6, 6.07) is 0. The molecule has 90 valence electrons. The number of amides is 1. The fourth-order valence-corrected chi connectivity index (χ4v) is 1.41.